The second kappa shape index (κ2) is 4.92. The highest BCUT2D eigenvalue weighted by molar-refractivity contribution is 9.10. The molecule has 0 bridgehead atoms. The van der Waals surface area contributed by atoms with Crippen LogP contribution < -0.4 is 5.56 Å². The van der Waals surface area contributed by atoms with Crippen LogP contribution in [0, 0.1) is 4.77 Å². The minimum Gasteiger partial charge on any atom is -0.321 e. The minimum atomic E-state index is -0.133. The van der Waals surface area contributed by atoms with Gasteiger partial charge < -0.3 is 9.13 Å². The van der Waals surface area contributed by atoms with Gasteiger partial charge in [-0.3, -0.25) is 9.36 Å². The fourth-order valence-corrected chi connectivity index (χ4v) is 2.81. The van der Waals surface area contributed by atoms with Crippen LogP contribution in [0.15, 0.2) is 33.5 Å². The lowest BCUT2D eigenvalue weighted by molar-refractivity contribution is 0.737. The topological polar surface area (TPSA) is 44.8 Å². The number of fused-ring (bicyclic) bond motifs is 1. The van der Waals surface area contributed by atoms with E-state index in [9.17, 15) is 4.79 Å². The Balaban J connectivity index is 2.43. The lowest BCUT2D eigenvalue weighted by Gasteiger charge is -2.05. The number of aromatic nitrogens is 4. The monoisotopic (exact) mass is 364 g/mol. The molecule has 0 aliphatic rings. The van der Waals surface area contributed by atoms with E-state index in [1.165, 1.54) is 4.57 Å². The fourth-order valence-electron chi connectivity index (χ4n) is 2.38. The van der Waals surface area contributed by atoms with Gasteiger partial charge in [-0.05, 0) is 24.4 Å². The van der Waals surface area contributed by atoms with E-state index in [2.05, 4.69) is 20.9 Å². The smallest absolute Gasteiger partial charge is 0.280 e. The SMILES string of the molecule is Cn1c(=O)c2c(nc(-c3ccc(Br)cc3)n2C)n(C)c1=S. The largest absolute Gasteiger partial charge is 0.321 e. The van der Waals surface area contributed by atoms with Crippen LogP contribution in [0.5, 0.6) is 0 Å². The number of imidazole rings is 1. The molecular formula is C14H13BrN4OS. The van der Waals surface area contributed by atoms with Crippen molar-refractivity contribution in [1.82, 2.24) is 18.7 Å². The third kappa shape index (κ3) is 2.08. The average molecular weight is 365 g/mol. The summed E-state index contributed by atoms with van der Waals surface area (Å²) in [6.45, 7) is 0. The Hall–Kier alpha value is -1.73. The number of halogens is 1. The van der Waals surface area contributed by atoms with Gasteiger partial charge in [0, 0.05) is 31.2 Å². The summed E-state index contributed by atoms with van der Waals surface area (Å²) < 4.78 is 6.49. The zero-order valence-electron chi connectivity index (χ0n) is 11.8. The third-order valence-electron chi connectivity index (χ3n) is 3.58. The van der Waals surface area contributed by atoms with E-state index in [4.69, 9.17) is 12.2 Å². The molecule has 0 saturated carbocycles. The molecule has 2 aromatic heterocycles. The van der Waals surface area contributed by atoms with E-state index >= 15 is 0 Å². The lowest BCUT2D eigenvalue weighted by Crippen LogP contribution is -2.23. The maximum Gasteiger partial charge on any atom is 0.280 e. The van der Waals surface area contributed by atoms with Crippen molar-refractivity contribution >= 4 is 39.3 Å². The summed E-state index contributed by atoms with van der Waals surface area (Å²) in [4.78, 5) is 17.0. The summed E-state index contributed by atoms with van der Waals surface area (Å²) in [5, 5.41) is 0. The van der Waals surface area contributed by atoms with Gasteiger partial charge in [0.15, 0.2) is 15.9 Å². The summed E-state index contributed by atoms with van der Waals surface area (Å²) in [6, 6.07) is 7.82. The van der Waals surface area contributed by atoms with Gasteiger partial charge in [-0.15, -0.1) is 0 Å². The number of nitrogens with zero attached hydrogens (tertiary/aromatic N) is 4. The van der Waals surface area contributed by atoms with Crippen molar-refractivity contribution in [2.24, 2.45) is 21.1 Å². The Bertz CT molecular complexity index is 966. The predicted octanol–water partition coefficient (Wildman–Crippen LogP) is 2.77. The number of rotatable bonds is 1. The number of aryl methyl sites for hydroxylation is 2. The molecule has 0 saturated heterocycles. The molecule has 3 rings (SSSR count). The van der Waals surface area contributed by atoms with Gasteiger partial charge in [0.1, 0.15) is 5.82 Å². The first-order chi connectivity index (χ1) is 9.91. The van der Waals surface area contributed by atoms with Crippen molar-refractivity contribution < 1.29 is 0 Å². The molecule has 1 aromatic carbocycles. The van der Waals surface area contributed by atoms with Gasteiger partial charge in [-0.25, -0.2) is 4.98 Å². The highest BCUT2D eigenvalue weighted by atomic mass is 79.9. The van der Waals surface area contributed by atoms with Gasteiger partial charge in [0.2, 0.25) is 0 Å². The molecule has 108 valence electrons. The third-order valence-corrected chi connectivity index (χ3v) is 4.65. The molecular weight excluding hydrogens is 352 g/mol. The normalized spacial score (nSPS) is 11.2. The molecule has 0 atom stereocenters. The predicted molar refractivity (Wildman–Crippen MR) is 88.9 cm³/mol. The van der Waals surface area contributed by atoms with Gasteiger partial charge >= 0.3 is 0 Å². The van der Waals surface area contributed by atoms with Crippen molar-refractivity contribution in [3.63, 3.8) is 0 Å². The first-order valence-electron chi connectivity index (χ1n) is 6.30. The van der Waals surface area contributed by atoms with Gasteiger partial charge in [-0.1, -0.05) is 28.1 Å². The Labute approximate surface area is 134 Å². The number of benzene rings is 1. The van der Waals surface area contributed by atoms with E-state index in [-0.39, 0.29) is 5.56 Å². The van der Waals surface area contributed by atoms with Crippen molar-refractivity contribution in [3.05, 3.63) is 43.9 Å². The van der Waals surface area contributed by atoms with Crippen molar-refractivity contribution in [2.75, 3.05) is 0 Å². The molecule has 3 aromatic rings. The van der Waals surface area contributed by atoms with E-state index in [0.29, 0.717) is 15.9 Å². The quantitative estimate of drug-likeness (QED) is 0.623. The Kier molecular flexibility index (Phi) is 3.33. The van der Waals surface area contributed by atoms with Crippen LogP contribution in [0.3, 0.4) is 0 Å². The molecule has 21 heavy (non-hydrogen) atoms. The Morgan fingerprint density at radius 3 is 2.29 bits per heavy atom. The Morgan fingerprint density at radius 2 is 1.67 bits per heavy atom. The molecule has 0 fully saturated rings. The molecule has 0 aliphatic carbocycles. The molecule has 5 nitrogen and oxygen atoms in total. The van der Waals surface area contributed by atoms with E-state index in [1.54, 1.807) is 11.6 Å². The first-order valence-corrected chi connectivity index (χ1v) is 7.50. The number of hydrogen-bond acceptors (Lipinski definition) is 3. The van der Waals surface area contributed by atoms with Crippen LogP contribution in [0.4, 0.5) is 0 Å². The highest BCUT2D eigenvalue weighted by Crippen LogP contribution is 2.23. The van der Waals surface area contributed by atoms with E-state index in [0.717, 1.165) is 15.9 Å². The van der Waals surface area contributed by atoms with E-state index < -0.39 is 0 Å². The molecule has 0 radical (unpaired) electrons. The maximum absolute atomic E-state index is 12.4. The van der Waals surface area contributed by atoms with E-state index in [1.807, 2.05) is 42.9 Å². The van der Waals surface area contributed by atoms with Crippen LogP contribution in [-0.2, 0) is 21.1 Å². The molecule has 2 heterocycles. The molecule has 7 heteroatoms. The summed E-state index contributed by atoms with van der Waals surface area (Å²) in [6.07, 6.45) is 0. The standard InChI is InChI=1S/C14H13BrN4OS/c1-17-10-12(18(2)14(21)19(3)13(10)20)16-11(17)8-4-6-9(15)7-5-8/h4-7H,1-3H3. The average Bonchev–Trinajstić information content (AvgIpc) is 2.81. The zero-order chi connectivity index (χ0) is 15.3. The van der Waals surface area contributed by atoms with Crippen LogP contribution in [0.2, 0.25) is 0 Å². The van der Waals surface area contributed by atoms with Crippen molar-refractivity contribution in [3.8, 4) is 11.4 Å². The fraction of sp³-hybridized carbons (Fsp3) is 0.214. The minimum absolute atomic E-state index is 0.133. The van der Waals surface area contributed by atoms with Gasteiger partial charge in [0.05, 0.1) is 0 Å². The summed E-state index contributed by atoms with van der Waals surface area (Å²) >= 11 is 8.68. The van der Waals surface area contributed by atoms with Gasteiger partial charge in [-0.2, -0.15) is 0 Å². The molecule has 0 spiro atoms. The lowest BCUT2D eigenvalue weighted by atomic mass is 10.2. The van der Waals surface area contributed by atoms with Crippen molar-refractivity contribution in [2.45, 2.75) is 0 Å². The molecule has 0 N–H and O–H groups in total. The van der Waals surface area contributed by atoms with Crippen LogP contribution >= 0.6 is 28.1 Å². The second-order valence-electron chi connectivity index (χ2n) is 4.88. The van der Waals surface area contributed by atoms with Crippen LogP contribution in [0.25, 0.3) is 22.6 Å². The highest BCUT2D eigenvalue weighted by Gasteiger charge is 2.16. The number of hydrogen-bond donors (Lipinski definition) is 0. The molecule has 0 unspecified atom stereocenters. The van der Waals surface area contributed by atoms with Crippen molar-refractivity contribution in [1.29, 1.82) is 0 Å². The maximum atomic E-state index is 12.4. The zero-order valence-corrected chi connectivity index (χ0v) is 14.2. The van der Waals surface area contributed by atoms with Gasteiger partial charge in [0.25, 0.3) is 5.56 Å². The van der Waals surface area contributed by atoms with Crippen LogP contribution in [0.1, 0.15) is 0 Å². The summed E-state index contributed by atoms with van der Waals surface area (Å²) in [7, 11) is 5.34. The second-order valence-corrected chi connectivity index (χ2v) is 6.16. The summed E-state index contributed by atoms with van der Waals surface area (Å²) in [5.41, 5.74) is 1.96. The Morgan fingerprint density at radius 1 is 1.05 bits per heavy atom. The first kappa shape index (κ1) is 14.2. The summed E-state index contributed by atoms with van der Waals surface area (Å²) in [5.74, 6) is 0.741. The van der Waals surface area contributed by atoms with Crippen LogP contribution in [-0.4, -0.2) is 18.7 Å². The molecule has 0 aliphatic heterocycles. The molecule has 0 amide bonds.